The Hall–Kier alpha value is -1.09. The average molecular weight is 224 g/mol. The van der Waals surface area contributed by atoms with Crippen LogP contribution in [-0.4, -0.2) is 10.9 Å². The van der Waals surface area contributed by atoms with Crippen LogP contribution in [0.2, 0.25) is 0 Å². The first-order chi connectivity index (χ1) is 7.08. The third-order valence-corrected chi connectivity index (χ3v) is 2.52. The summed E-state index contributed by atoms with van der Waals surface area (Å²) in [7, 11) is 0. The Bertz CT molecular complexity index is 365. The topological polar surface area (TPSA) is 17.1 Å². The maximum atomic E-state index is 13.0. The monoisotopic (exact) mass is 224 g/mol. The van der Waals surface area contributed by atoms with E-state index in [4.69, 9.17) is 0 Å². The van der Waals surface area contributed by atoms with Gasteiger partial charge in [0.25, 0.3) is 0 Å². The van der Waals surface area contributed by atoms with Gasteiger partial charge in [-0.2, -0.15) is 0 Å². The zero-order valence-corrected chi connectivity index (χ0v) is 9.60. The Morgan fingerprint density at radius 3 is 2.80 bits per heavy atom. The molecular weight excluding hydrogens is 211 g/mol. The maximum Gasteiger partial charge on any atom is 0.186 e. The third-order valence-electron chi connectivity index (χ3n) is 1.76. The summed E-state index contributed by atoms with van der Waals surface area (Å²) in [6, 6.07) is 4.86. The van der Waals surface area contributed by atoms with Crippen LogP contribution in [0.1, 0.15) is 18.1 Å². The van der Waals surface area contributed by atoms with Crippen molar-refractivity contribution >= 4 is 23.0 Å². The summed E-state index contributed by atoms with van der Waals surface area (Å²) in [6.45, 7) is 3.38. The van der Waals surface area contributed by atoms with Gasteiger partial charge < -0.3 is 0 Å². The van der Waals surface area contributed by atoms with E-state index in [1.807, 2.05) is 25.1 Å². The van der Waals surface area contributed by atoms with E-state index in [1.165, 1.54) is 30.8 Å². The van der Waals surface area contributed by atoms with Crippen molar-refractivity contribution in [3.05, 3.63) is 41.2 Å². The molecule has 0 aliphatic rings. The van der Waals surface area contributed by atoms with Crippen molar-refractivity contribution in [2.75, 3.05) is 5.75 Å². The standard InChI is InChI=1S/C12H13FOS/c1-9-6-11(8-12(13)7-9)4-3-5-15-10(2)14/h3-4,6-8H,5H2,1-2H3. The van der Waals surface area contributed by atoms with E-state index in [0.29, 0.717) is 5.75 Å². The molecule has 0 heterocycles. The lowest BCUT2D eigenvalue weighted by Gasteiger charge is -1.97. The Labute approximate surface area is 93.4 Å². The lowest BCUT2D eigenvalue weighted by atomic mass is 10.1. The lowest BCUT2D eigenvalue weighted by Crippen LogP contribution is -1.83. The molecule has 0 aromatic heterocycles. The Kier molecular flexibility index (Phi) is 4.56. The predicted octanol–water partition coefficient (Wildman–Crippen LogP) is 3.43. The quantitative estimate of drug-likeness (QED) is 0.782. The first kappa shape index (κ1) is 12.0. The SMILES string of the molecule is CC(=O)SCC=Cc1cc(C)cc(F)c1. The first-order valence-corrected chi connectivity index (χ1v) is 5.63. The van der Waals surface area contributed by atoms with E-state index in [9.17, 15) is 9.18 Å². The highest BCUT2D eigenvalue weighted by molar-refractivity contribution is 8.13. The van der Waals surface area contributed by atoms with Crippen molar-refractivity contribution in [1.29, 1.82) is 0 Å². The summed E-state index contributed by atoms with van der Waals surface area (Å²) < 4.78 is 13.0. The molecule has 0 aliphatic carbocycles. The zero-order chi connectivity index (χ0) is 11.3. The highest BCUT2D eigenvalue weighted by Crippen LogP contribution is 2.10. The second-order valence-corrected chi connectivity index (χ2v) is 4.46. The first-order valence-electron chi connectivity index (χ1n) is 4.65. The second-order valence-electron chi connectivity index (χ2n) is 3.27. The normalized spacial score (nSPS) is 10.9. The molecule has 80 valence electrons. The van der Waals surface area contributed by atoms with Crippen LogP contribution in [0.15, 0.2) is 24.3 Å². The summed E-state index contributed by atoms with van der Waals surface area (Å²) in [5, 5.41) is 0.0927. The molecule has 1 aromatic carbocycles. The van der Waals surface area contributed by atoms with Crippen LogP contribution < -0.4 is 0 Å². The van der Waals surface area contributed by atoms with E-state index < -0.39 is 0 Å². The zero-order valence-electron chi connectivity index (χ0n) is 8.79. The van der Waals surface area contributed by atoms with Crippen molar-refractivity contribution in [2.24, 2.45) is 0 Å². The van der Waals surface area contributed by atoms with Crippen LogP contribution in [-0.2, 0) is 4.79 Å². The van der Waals surface area contributed by atoms with Crippen LogP contribution in [0, 0.1) is 12.7 Å². The van der Waals surface area contributed by atoms with Crippen LogP contribution in [0.4, 0.5) is 4.39 Å². The van der Waals surface area contributed by atoms with Crippen LogP contribution in [0.3, 0.4) is 0 Å². The predicted molar refractivity (Wildman–Crippen MR) is 63.3 cm³/mol. The minimum absolute atomic E-state index is 0.0927. The van der Waals surface area contributed by atoms with Gasteiger partial charge in [-0.05, 0) is 30.2 Å². The molecule has 0 spiro atoms. The van der Waals surface area contributed by atoms with E-state index in [1.54, 1.807) is 0 Å². The van der Waals surface area contributed by atoms with Gasteiger partial charge >= 0.3 is 0 Å². The van der Waals surface area contributed by atoms with E-state index in [2.05, 4.69) is 0 Å². The smallest absolute Gasteiger partial charge is 0.186 e. The highest BCUT2D eigenvalue weighted by atomic mass is 32.2. The number of benzene rings is 1. The number of carbonyl (C=O) groups excluding carboxylic acids is 1. The molecule has 0 radical (unpaired) electrons. The van der Waals surface area contributed by atoms with Gasteiger partial charge in [-0.3, -0.25) is 4.79 Å². The van der Waals surface area contributed by atoms with Crippen LogP contribution in [0.25, 0.3) is 6.08 Å². The highest BCUT2D eigenvalue weighted by Gasteiger charge is 1.94. The number of aryl methyl sites for hydroxylation is 1. The molecule has 0 unspecified atom stereocenters. The molecule has 0 aliphatic heterocycles. The molecule has 0 saturated carbocycles. The fraction of sp³-hybridized carbons (Fsp3) is 0.250. The van der Waals surface area contributed by atoms with Gasteiger partial charge in [0.15, 0.2) is 5.12 Å². The number of hydrogen-bond acceptors (Lipinski definition) is 2. The van der Waals surface area contributed by atoms with Gasteiger partial charge in [-0.1, -0.05) is 30.0 Å². The summed E-state index contributed by atoms with van der Waals surface area (Å²) in [5.41, 5.74) is 1.73. The molecule has 0 saturated heterocycles. The minimum Gasteiger partial charge on any atom is -0.288 e. The number of rotatable bonds is 3. The van der Waals surface area contributed by atoms with Gasteiger partial charge in [0.2, 0.25) is 0 Å². The number of hydrogen-bond donors (Lipinski definition) is 0. The fourth-order valence-corrected chi connectivity index (χ4v) is 1.64. The lowest BCUT2D eigenvalue weighted by molar-refractivity contribution is -0.109. The fourth-order valence-electron chi connectivity index (χ4n) is 1.21. The summed E-state index contributed by atoms with van der Waals surface area (Å²) in [6.07, 6.45) is 3.69. The third kappa shape index (κ3) is 4.79. The molecule has 0 N–H and O–H groups in total. The molecule has 15 heavy (non-hydrogen) atoms. The molecular formula is C12H13FOS. The van der Waals surface area contributed by atoms with Crippen molar-refractivity contribution < 1.29 is 9.18 Å². The van der Waals surface area contributed by atoms with Crippen molar-refractivity contribution in [2.45, 2.75) is 13.8 Å². The van der Waals surface area contributed by atoms with E-state index in [-0.39, 0.29) is 10.9 Å². The molecule has 0 bridgehead atoms. The summed E-state index contributed by atoms with van der Waals surface area (Å²) in [5.74, 6) is 0.402. The molecule has 0 atom stereocenters. The van der Waals surface area contributed by atoms with Gasteiger partial charge in [0, 0.05) is 12.7 Å². The number of thioether (sulfide) groups is 1. The van der Waals surface area contributed by atoms with Gasteiger partial charge in [-0.25, -0.2) is 4.39 Å². The van der Waals surface area contributed by atoms with Crippen molar-refractivity contribution in [3.8, 4) is 0 Å². The van der Waals surface area contributed by atoms with E-state index >= 15 is 0 Å². The second kappa shape index (κ2) is 5.71. The molecule has 1 aromatic rings. The Morgan fingerprint density at radius 1 is 1.47 bits per heavy atom. The summed E-state index contributed by atoms with van der Waals surface area (Å²) in [4.78, 5) is 10.6. The maximum absolute atomic E-state index is 13.0. The van der Waals surface area contributed by atoms with Gasteiger partial charge in [0.1, 0.15) is 5.82 Å². The molecule has 0 fully saturated rings. The van der Waals surface area contributed by atoms with Crippen molar-refractivity contribution in [1.82, 2.24) is 0 Å². The molecule has 1 nitrogen and oxygen atoms in total. The molecule has 3 heteroatoms. The van der Waals surface area contributed by atoms with Crippen molar-refractivity contribution in [3.63, 3.8) is 0 Å². The number of halogens is 1. The molecule has 0 amide bonds. The number of carbonyl (C=O) groups is 1. The van der Waals surface area contributed by atoms with Crippen LogP contribution >= 0.6 is 11.8 Å². The minimum atomic E-state index is -0.228. The summed E-state index contributed by atoms with van der Waals surface area (Å²) >= 11 is 1.24. The van der Waals surface area contributed by atoms with E-state index in [0.717, 1.165) is 11.1 Å². The average Bonchev–Trinajstić information content (AvgIpc) is 2.10. The Morgan fingerprint density at radius 2 is 2.20 bits per heavy atom. The van der Waals surface area contributed by atoms with Gasteiger partial charge in [0.05, 0.1) is 0 Å². The Balaban J connectivity index is 2.60. The van der Waals surface area contributed by atoms with Gasteiger partial charge in [-0.15, -0.1) is 0 Å². The van der Waals surface area contributed by atoms with Crippen LogP contribution in [0.5, 0.6) is 0 Å². The molecule has 1 rings (SSSR count). The largest absolute Gasteiger partial charge is 0.288 e.